The van der Waals surface area contributed by atoms with Crippen molar-refractivity contribution in [1.82, 2.24) is 0 Å². The number of rotatable bonds is 0. The fourth-order valence-corrected chi connectivity index (χ4v) is 1.77. The zero-order chi connectivity index (χ0) is 9.42. The maximum atomic E-state index is 11.0. The van der Waals surface area contributed by atoms with Crippen LogP contribution < -0.4 is 4.74 Å². The van der Waals surface area contributed by atoms with Crippen LogP contribution in [0.3, 0.4) is 0 Å². The van der Waals surface area contributed by atoms with E-state index in [2.05, 4.69) is 15.9 Å². The van der Waals surface area contributed by atoms with Crippen molar-refractivity contribution in [2.75, 3.05) is 6.61 Å². The molecule has 13 heavy (non-hydrogen) atoms. The summed E-state index contributed by atoms with van der Waals surface area (Å²) in [7, 11) is 0. The first-order chi connectivity index (χ1) is 6.16. The largest absolute Gasteiger partial charge is 0.485 e. The molecule has 0 amide bonds. The number of hydrogen-bond acceptors (Lipinski definition) is 2. The number of fused-ring (bicyclic) bond motifs is 1. The van der Waals surface area contributed by atoms with E-state index in [1.54, 1.807) is 12.1 Å². The highest BCUT2D eigenvalue weighted by Crippen LogP contribution is 2.32. The summed E-state index contributed by atoms with van der Waals surface area (Å²) in [5, 5.41) is 0.608. The number of benzene rings is 1. The second-order valence-corrected chi connectivity index (χ2v) is 4.14. The third-order valence-electron chi connectivity index (χ3n) is 1.88. The van der Waals surface area contributed by atoms with Crippen molar-refractivity contribution < 1.29 is 9.53 Å². The van der Waals surface area contributed by atoms with Crippen LogP contribution >= 0.6 is 27.5 Å². The van der Waals surface area contributed by atoms with E-state index in [0.717, 1.165) is 15.8 Å². The molecule has 0 spiro atoms. The lowest BCUT2D eigenvalue weighted by atomic mass is 10.1. The molecule has 0 atom stereocenters. The molecule has 1 heterocycles. The van der Waals surface area contributed by atoms with Gasteiger partial charge in [-0.25, -0.2) is 0 Å². The van der Waals surface area contributed by atoms with E-state index in [1.807, 2.05) is 0 Å². The van der Waals surface area contributed by atoms with E-state index in [4.69, 9.17) is 16.3 Å². The smallest absolute Gasteiger partial charge is 0.174 e. The van der Waals surface area contributed by atoms with Gasteiger partial charge in [0.05, 0.1) is 5.02 Å². The van der Waals surface area contributed by atoms with Crippen molar-refractivity contribution in [1.29, 1.82) is 0 Å². The number of carbonyl (C=O) groups is 1. The highest BCUT2D eigenvalue weighted by molar-refractivity contribution is 9.10. The quantitative estimate of drug-likeness (QED) is 0.717. The monoisotopic (exact) mass is 260 g/mol. The maximum Gasteiger partial charge on any atom is 0.174 e. The summed E-state index contributed by atoms with van der Waals surface area (Å²) < 4.78 is 6.03. The summed E-state index contributed by atoms with van der Waals surface area (Å²) >= 11 is 9.17. The molecule has 1 aromatic rings. The Balaban J connectivity index is 2.49. The SMILES string of the molecule is O=C1COc2cc(Br)c(Cl)cc2C1. The molecule has 0 unspecified atom stereocenters. The van der Waals surface area contributed by atoms with Crippen molar-refractivity contribution in [3.8, 4) is 5.75 Å². The fourth-order valence-electron chi connectivity index (χ4n) is 1.26. The molecule has 1 aliphatic rings. The molecule has 1 aromatic carbocycles. The van der Waals surface area contributed by atoms with E-state index < -0.39 is 0 Å². The third kappa shape index (κ3) is 1.71. The lowest BCUT2D eigenvalue weighted by Gasteiger charge is -2.16. The van der Waals surface area contributed by atoms with E-state index >= 15 is 0 Å². The van der Waals surface area contributed by atoms with Gasteiger partial charge in [-0.1, -0.05) is 11.6 Å². The van der Waals surface area contributed by atoms with Crippen LogP contribution in [0.2, 0.25) is 5.02 Å². The van der Waals surface area contributed by atoms with E-state index in [0.29, 0.717) is 11.4 Å². The molecule has 0 aromatic heterocycles. The first-order valence-electron chi connectivity index (χ1n) is 3.79. The van der Waals surface area contributed by atoms with Gasteiger partial charge in [-0.05, 0) is 28.1 Å². The van der Waals surface area contributed by atoms with Crippen LogP contribution in [0, 0.1) is 0 Å². The Kier molecular flexibility index (Phi) is 2.30. The van der Waals surface area contributed by atoms with Crippen LogP contribution in [-0.4, -0.2) is 12.4 Å². The third-order valence-corrected chi connectivity index (χ3v) is 3.08. The molecule has 0 N–H and O–H groups in total. The molecule has 68 valence electrons. The highest BCUT2D eigenvalue weighted by Gasteiger charge is 2.17. The first kappa shape index (κ1) is 9.03. The number of ether oxygens (including phenoxy) is 1. The van der Waals surface area contributed by atoms with Gasteiger partial charge in [0.1, 0.15) is 12.4 Å². The average molecular weight is 262 g/mol. The maximum absolute atomic E-state index is 11.0. The summed E-state index contributed by atoms with van der Waals surface area (Å²) in [6.07, 6.45) is 0.419. The molecule has 0 saturated carbocycles. The van der Waals surface area contributed by atoms with Crippen LogP contribution in [0.1, 0.15) is 5.56 Å². The number of ketones is 1. The predicted octanol–water partition coefficient (Wildman–Crippen LogP) is 2.61. The Morgan fingerprint density at radius 3 is 3.00 bits per heavy atom. The Morgan fingerprint density at radius 2 is 2.23 bits per heavy atom. The van der Waals surface area contributed by atoms with E-state index in [-0.39, 0.29) is 12.4 Å². The number of carbonyl (C=O) groups excluding carboxylic acids is 1. The second-order valence-electron chi connectivity index (χ2n) is 2.88. The predicted molar refractivity (Wildman–Crippen MR) is 53.4 cm³/mol. The molecule has 0 radical (unpaired) electrons. The van der Waals surface area contributed by atoms with E-state index in [1.165, 1.54) is 0 Å². The minimum Gasteiger partial charge on any atom is -0.485 e. The molecule has 2 rings (SSSR count). The first-order valence-corrected chi connectivity index (χ1v) is 4.96. The molecule has 0 fully saturated rings. The number of halogens is 2. The fraction of sp³-hybridized carbons (Fsp3) is 0.222. The average Bonchev–Trinajstić information content (AvgIpc) is 2.08. The van der Waals surface area contributed by atoms with Crippen LogP contribution in [0.15, 0.2) is 16.6 Å². The van der Waals surface area contributed by atoms with Crippen molar-refractivity contribution >= 4 is 33.3 Å². The Morgan fingerprint density at radius 1 is 1.46 bits per heavy atom. The van der Waals surface area contributed by atoms with Gasteiger partial charge in [0.15, 0.2) is 5.78 Å². The minimum absolute atomic E-state index is 0.0888. The van der Waals surface area contributed by atoms with Gasteiger partial charge in [-0.15, -0.1) is 0 Å². The minimum atomic E-state index is 0.0888. The lowest BCUT2D eigenvalue weighted by molar-refractivity contribution is -0.121. The van der Waals surface area contributed by atoms with Gasteiger partial charge in [0.25, 0.3) is 0 Å². The van der Waals surface area contributed by atoms with Crippen molar-refractivity contribution in [3.63, 3.8) is 0 Å². The normalized spacial score (nSPS) is 15.1. The van der Waals surface area contributed by atoms with Gasteiger partial charge >= 0.3 is 0 Å². The molecular formula is C9H6BrClO2. The molecular weight excluding hydrogens is 255 g/mol. The van der Waals surface area contributed by atoms with Crippen LogP contribution in [-0.2, 0) is 11.2 Å². The summed E-state index contributed by atoms with van der Waals surface area (Å²) in [5.74, 6) is 0.835. The molecule has 0 saturated heterocycles. The van der Waals surface area contributed by atoms with Crippen molar-refractivity contribution in [2.45, 2.75) is 6.42 Å². The number of hydrogen-bond donors (Lipinski definition) is 0. The second kappa shape index (κ2) is 3.31. The van der Waals surface area contributed by atoms with Crippen LogP contribution in [0.4, 0.5) is 0 Å². The van der Waals surface area contributed by atoms with Crippen molar-refractivity contribution in [3.05, 3.63) is 27.2 Å². The molecule has 1 aliphatic heterocycles. The van der Waals surface area contributed by atoms with Gasteiger partial charge in [-0.2, -0.15) is 0 Å². The summed E-state index contributed by atoms with van der Waals surface area (Å²) in [4.78, 5) is 11.0. The molecule has 0 bridgehead atoms. The Hall–Kier alpha value is -0.540. The van der Waals surface area contributed by atoms with E-state index in [9.17, 15) is 4.79 Å². The Labute approximate surface area is 89.0 Å². The zero-order valence-corrected chi connectivity index (χ0v) is 8.98. The highest BCUT2D eigenvalue weighted by atomic mass is 79.9. The standard InChI is InChI=1S/C9H6BrClO2/c10-7-3-9-5(2-8(7)11)1-6(12)4-13-9/h2-3H,1,4H2. The van der Waals surface area contributed by atoms with Crippen LogP contribution in [0.25, 0.3) is 0 Å². The lowest BCUT2D eigenvalue weighted by Crippen LogP contribution is -2.20. The van der Waals surface area contributed by atoms with Gasteiger partial charge in [-0.3, -0.25) is 4.79 Å². The Bertz CT molecular complexity index is 376. The summed E-state index contributed by atoms with van der Waals surface area (Å²) in [6, 6.07) is 3.56. The molecule has 4 heteroatoms. The molecule has 2 nitrogen and oxygen atoms in total. The summed E-state index contributed by atoms with van der Waals surface area (Å²) in [6.45, 7) is 0.168. The zero-order valence-electron chi connectivity index (χ0n) is 6.64. The van der Waals surface area contributed by atoms with Gasteiger partial charge in [0, 0.05) is 16.5 Å². The van der Waals surface area contributed by atoms with Gasteiger partial charge < -0.3 is 4.74 Å². The van der Waals surface area contributed by atoms with Crippen molar-refractivity contribution in [2.24, 2.45) is 0 Å². The van der Waals surface area contributed by atoms with Gasteiger partial charge in [0.2, 0.25) is 0 Å². The number of Topliss-reactive ketones (excluding diaryl/α,β-unsaturated/α-hetero) is 1. The topological polar surface area (TPSA) is 26.3 Å². The molecule has 0 aliphatic carbocycles. The summed E-state index contributed by atoms with van der Waals surface area (Å²) in [5.41, 5.74) is 0.865. The van der Waals surface area contributed by atoms with Crippen LogP contribution in [0.5, 0.6) is 5.75 Å².